The van der Waals surface area contributed by atoms with Gasteiger partial charge >= 0.3 is 0 Å². The molecule has 0 aliphatic carbocycles. The van der Waals surface area contributed by atoms with Crippen molar-refractivity contribution in [1.82, 2.24) is 24.5 Å². The van der Waals surface area contributed by atoms with Crippen LogP contribution in [0.25, 0.3) is 16.6 Å². The lowest BCUT2D eigenvalue weighted by Crippen LogP contribution is -2.58. The fourth-order valence-electron chi connectivity index (χ4n) is 4.88. The van der Waals surface area contributed by atoms with Crippen molar-refractivity contribution in [3.05, 3.63) is 66.1 Å². The summed E-state index contributed by atoms with van der Waals surface area (Å²) >= 11 is 0. The Balaban J connectivity index is 1.24. The lowest BCUT2D eigenvalue weighted by atomic mass is 10.0. The van der Waals surface area contributed by atoms with Crippen LogP contribution in [0, 0.1) is 17.1 Å². The summed E-state index contributed by atoms with van der Waals surface area (Å²) in [4.78, 5) is 25.5. The molecule has 4 aromatic rings. The lowest BCUT2D eigenvalue weighted by molar-refractivity contribution is -0.131. The second-order valence-electron chi connectivity index (χ2n) is 8.95. The molecule has 0 unspecified atom stereocenters. The third-order valence-corrected chi connectivity index (χ3v) is 6.75. The van der Waals surface area contributed by atoms with Crippen LogP contribution in [0.2, 0.25) is 0 Å². The number of carbonyl (C=O) groups is 1. The number of ether oxygens (including phenoxy) is 2. The van der Waals surface area contributed by atoms with Crippen LogP contribution in [0.15, 0.2) is 49.1 Å². The first-order chi connectivity index (χ1) is 18.0. The van der Waals surface area contributed by atoms with Gasteiger partial charge in [0.1, 0.15) is 24.2 Å². The minimum absolute atomic E-state index is 0.0340. The predicted octanol–water partition coefficient (Wildman–Crippen LogP) is 2.46. The van der Waals surface area contributed by atoms with Gasteiger partial charge in [0.2, 0.25) is 5.91 Å². The molecule has 37 heavy (non-hydrogen) atoms. The molecule has 6 rings (SSSR count). The summed E-state index contributed by atoms with van der Waals surface area (Å²) in [5.41, 5.74) is 3.20. The highest BCUT2D eigenvalue weighted by Gasteiger charge is 2.35. The Hall–Kier alpha value is -4.72. The predicted molar refractivity (Wildman–Crippen MR) is 131 cm³/mol. The standard InChI is InChI=1S/C26H22FN7O3/c1-36-21-8-22(25-17(9-28)11-31-34(25)14-21)16-6-23-26(30-10-16)33-5-4-32(13-20(33)15-37-23)24(35)7-19-3-2-18(27)12-29-19/h2-3,6,8,10-12,14,20H,4-5,7,13,15H2,1H3/t20-/m0/s1. The van der Waals surface area contributed by atoms with Crippen molar-refractivity contribution in [3.8, 4) is 28.7 Å². The zero-order valence-electron chi connectivity index (χ0n) is 20.0. The van der Waals surface area contributed by atoms with Crippen molar-refractivity contribution in [1.29, 1.82) is 5.26 Å². The Kier molecular flexibility index (Phi) is 5.56. The number of amides is 1. The van der Waals surface area contributed by atoms with E-state index < -0.39 is 5.82 Å². The van der Waals surface area contributed by atoms with Gasteiger partial charge in [0, 0.05) is 42.7 Å². The number of piperazine rings is 1. The number of rotatable bonds is 4. The molecule has 4 aromatic heterocycles. The van der Waals surface area contributed by atoms with Crippen molar-refractivity contribution in [2.75, 3.05) is 38.3 Å². The van der Waals surface area contributed by atoms with Crippen molar-refractivity contribution in [3.63, 3.8) is 0 Å². The minimum Gasteiger partial charge on any atom is -0.495 e. The third-order valence-electron chi connectivity index (χ3n) is 6.75. The van der Waals surface area contributed by atoms with Gasteiger partial charge in [0.15, 0.2) is 11.6 Å². The molecule has 0 saturated carbocycles. The van der Waals surface area contributed by atoms with Gasteiger partial charge in [-0.2, -0.15) is 10.4 Å². The SMILES string of the molecule is COc1cc(-c2cnc3c(c2)OC[C@@H]2CN(C(=O)Cc4ccc(F)cn4)CCN32)c2c(C#N)cnn2c1. The highest BCUT2D eigenvalue weighted by molar-refractivity contribution is 5.86. The van der Waals surface area contributed by atoms with Crippen molar-refractivity contribution < 1.29 is 18.7 Å². The van der Waals surface area contributed by atoms with Crippen LogP contribution in [0.4, 0.5) is 10.2 Å². The molecule has 1 atom stereocenters. The van der Waals surface area contributed by atoms with E-state index in [0.717, 1.165) is 23.1 Å². The monoisotopic (exact) mass is 499 g/mol. The molecule has 0 spiro atoms. The Labute approximate surface area is 211 Å². The summed E-state index contributed by atoms with van der Waals surface area (Å²) in [6.45, 7) is 2.05. The first-order valence-corrected chi connectivity index (χ1v) is 11.8. The average Bonchev–Trinajstić information content (AvgIpc) is 3.36. The molecule has 6 heterocycles. The molecule has 1 amide bonds. The van der Waals surface area contributed by atoms with E-state index in [9.17, 15) is 14.4 Å². The molecule has 186 valence electrons. The smallest absolute Gasteiger partial charge is 0.228 e. The van der Waals surface area contributed by atoms with Crippen molar-refractivity contribution in [2.24, 2.45) is 0 Å². The fourth-order valence-corrected chi connectivity index (χ4v) is 4.88. The summed E-state index contributed by atoms with van der Waals surface area (Å²) < 4.78 is 26.3. The van der Waals surface area contributed by atoms with Crippen LogP contribution in [0.5, 0.6) is 11.5 Å². The quantitative estimate of drug-likeness (QED) is 0.421. The zero-order valence-corrected chi connectivity index (χ0v) is 20.0. The van der Waals surface area contributed by atoms with Gasteiger partial charge in [0.05, 0.1) is 49.2 Å². The number of pyridine rings is 3. The highest BCUT2D eigenvalue weighted by atomic mass is 19.1. The van der Waals surface area contributed by atoms with Crippen LogP contribution in [-0.2, 0) is 11.2 Å². The number of halogens is 1. The molecule has 0 aromatic carbocycles. The van der Waals surface area contributed by atoms with E-state index in [1.165, 1.54) is 18.3 Å². The molecule has 0 bridgehead atoms. The molecule has 1 saturated heterocycles. The van der Waals surface area contributed by atoms with E-state index in [-0.39, 0.29) is 18.4 Å². The van der Waals surface area contributed by atoms with Crippen LogP contribution < -0.4 is 14.4 Å². The third kappa shape index (κ3) is 4.06. The maximum atomic E-state index is 13.1. The number of anilines is 1. The lowest BCUT2D eigenvalue weighted by Gasteiger charge is -2.44. The molecule has 2 aliphatic rings. The van der Waals surface area contributed by atoms with Crippen LogP contribution >= 0.6 is 0 Å². The van der Waals surface area contributed by atoms with Gasteiger partial charge in [0.25, 0.3) is 0 Å². The summed E-state index contributed by atoms with van der Waals surface area (Å²) in [6.07, 6.45) is 6.25. The van der Waals surface area contributed by atoms with Gasteiger partial charge in [-0.3, -0.25) is 9.78 Å². The number of methoxy groups -OCH3 is 1. The van der Waals surface area contributed by atoms with Crippen LogP contribution in [0.1, 0.15) is 11.3 Å². The number of carbonyl (C=O) groups excluding carboxylic acids is 1. The summed E-state index contributed by atoms with van der Waals surface area (Å²) in [5, 5.41) is 13.8. The number of hydrogen-bond donors (Lipinski definition) is 0. The number of aromatic nitrogens is 4. The number of fused-ring (bicyclic) bond motifs is 4. The van der Waals surface area contributed by atoms with E-state index in [2.05, 4.69) is 21.1 Å². The molecule has 1 fully saturated rings. The zero-order chi connectivity index (χ0) is 25.5. The fraction of sp³-hybridized carbons (Fsp3) is 0.269. The van der Waals surface area contributed by atoms with Crippen LogP contribution in [-0.4, -0.2) is 69.8 Å². The van der Waals surface area contributed by atoms with Gasteiger partial charge in [-0.25, -0.2) is 13.9 Å². The molecule has 10 nitrogen and oxygen atoms in total. The average molecular weight is 500 g/mol. The summed E-state index contributed by atoms with van der Waals surface area (Å²) in [5.74, 6) is 1.49. The molecule has 11 heteroatoms. The van der Waals surface area contributed by atoms with E-state index >= 15 is 0 Å². The molecule has 0 radical (unpaired) electrons. The van der Waals surface area contributed by atoms with Gasteiger partial charge in [-0.15, -0.1) is 0 Å². The number of nitrogens with zero attached hydrogens (tertiary/aromatic N) is 7. The maximum absolute atomic E-state index is 13.1. The largest absolute Gasteiger partial charge is 0.495 e. The molecule has 2 aliphatic heterocycles. The van der Waals surface area contributed by atoms with E-state index in [4.69, 9.17) is 14.5 Å². The maximum Gasteiger partial charge on any atom is 0.228 e. The van der Waals surface area contributed by atoms with Crippen LogP contribution in [0.3, 0.4) is 0 Å². The van der Waals surface area contributed by atoms with E-state index in [1.807, 2.05) is 12.1 Å². The second-order valence-corrected chi connectivity index (χ2v) is 8.95. The second kappa shape index (κ2) is 9.05. The number of nitriles is 1. The summed E-state index contributed by atoms with van der Waals surface area (Å²) in [7, 11) is 1.58. The topological polar surface area (TPSA) is 109 Å². The first kappa shape index (κ1) is 22.7. The van der Waals surface area contributed by atoms with Gasteiger partial charge in [-0.05, 0) is 24.3 Å². The van der Waals surface area contributed by atoms with Gasteiger partial charge in [-0.1, -0.05) is 0 Å². The summed E-state index contributed by atoms with van der Waals surface area (Å²) in [6, 6.07) is 8.77. The molecular weight excluding hydrogens is 477 g/mol. The first-order valence-electron chi connectivity index (χ1n) is 11.8. The van der Waals surface area contributed by atoms with Crippen molar-refractivity contribution >= 4 is 17.2 Å². The normalized spacial score (nSPS) is 16.5. The molecule has 0 N–H and O–H groups in total. The highest BCUT2D eigenvalue weighted by Crippen LogP contribution is 2.38. The molecular formula is C26H22FN7O3. The van der Waals surface area contributed by atoms with Gasteiger partial charge < -0.3 is 19.3 Å². The minimum atomic E-state index is -0.426. The Morgan fingerprint density at radius 2 is 2.14 bits per heavy atom. The number of hydrogen-bond acceptors (Lipinski definition) is 8. The Morgan fingerprint density at radius 3 is 2.92 bits per heavy atom. The van der Waals surface area contributed by atoms with E-state index in [1.54, 1.807) is 28.9 Å². The van der Waals surface area contributed by atoms with E-state index in [0.29, 0.717) is 54.5 Å². The Bertz CT molecular complexity index is 1550. The Morgan fingerprint density at radius 1 is 1.24 bits per heavy atom. The van der Waals surface area contributed by atoms with Crippen molar-refractivity contribution in [2.45, 2.75) is 12.5 Å².